The van der Waals surface area contributed by atoms with Gasteiger partial charge in [-0.3, -0.25) is 0 Å². The third-order valence-corrected chi connectivity index (χ3v) is 4.30. The molecule has 0 unspecified atom stereocenters. The van der Waals surface area contributed by atoms with Gasteiger partial charge in [-0.25, -0.2) is 0 Å². The molecule has 1 aromatic carbocycles. The molecule has 1 aliphatic rings. The van der Waals surface area contributed by atoms with Crippen molar-refractivity contribution in [2.45, 2.75) is 19.3 Å². The summed E-state index contributed by atoms with van der Waals surface area (Å²) in [5, 5.41) is 4.42. The van der Waals surface area contributed by atoms with E-state index in [1.54, 1.807) is 6.07 Å². The van der Waals surface area contributed by atoms with Gasteiger partial charge in [0.1, 0.15) is 10.8 Å². The van der Waals surface area contributed by atoms with Crippen LogP contribution in [0.5, 0.6) is 5.75 Å². The number of nitrogens with zero attached hydrogens (tertiary/aromatic N) is 1. The minimum atomic E-state index is 0.509. The van der Waals surface area contributed by atoms with Gasteiger partial charge in [0, 0.05) is 26.2 Å². The Bertz CT molecular complexity index is 409. The maximum absolute atomic E-state index is 6.07. The van der Waals surface area contributed by atoms with E-state index in [4.69, 9.17) is 27.9 Å². The Kier molecular flexibility index (Phi) is 6.94. The zero-order chi connectivity index (χ0) is 14.2. The topological polar surface area (TPSA) is 24.5 Å². The summed E-state index contributed by atoms with van der Waals surface area (Å²) in [6, 6.07) is 5.48. The summed E-state index contributed by atoms with van der Waals surface area (Å²) in [7, 11) is 0. The summed E-state index contributed by atoms with van der Waals surface area (Å²) < 4.78 is 5.67. The van der Waals surface area contributed by atoms with Crippen molar-refractivity contribution >= 4 is 23.2 Å². The van der Waals surface area contributed by atoms with Gasteiger partial charge in [-0.1, -0.05) is 29.3 Å². The number of piperazine rings is 1. The molecule has 0 aromatic heterocycles. The van der Waals surface area contributed by atoms with Gasteiger partial charge in [0.05, 0.1) is 11.6 Å². The van der Waals surface area contributed by atoms with E-state index in [1.807, 2.05) is 12.1 Å². The Balaban J connectivity index is 1.56. The fourth-order valence-electron chi connectivity index (χ4n) is 2.33. The van der Waals surface area contributed by atoms with Gasteiger partial charge in [-0.2, -0.15) is 0 Å². The van der Waals surface area contributed by atoms with Crippen molar-refractivity contribution in [2.75, 3.05) is 39.3 Å². The third kappa shape index (κ3) is 5.13. The highest BCUT2D eigenvalue weighted by molar-refractivity contribution is 6.42. The Morgan fingerprint density at radius 1 is 1.10 bits per heavy atom. The average molecular weight is 317 g/mol. The second kappa shape index (κ2) is 8.73. The van der Waals surface area contributed by atoms with Crippen LogP contribution in [-0.4, -0.2) is 44.2 Å². The molecule has 1 N–H and O–H groups in total. The summed E-state index contributed by atoms with van der Waals surface area (Å²) in [6.45, 7) is 6.48. The Labute approximate surface area is 131 Å². The molecule has 1 aromatic rings. The van der Waals surface area contributed by atoms with Crippen molar-refractivity contribution in [3.8, 4) is 5.75 Å². The normalized spacial score (nSPS) is 16.3. The summed E-state index contributed by atoms with van der Waals surface area (Å²) in [5.74, 6) is 0.682. The van der Waals surface area contributed by atoms with Crippen LogP contribution in [0, 0.1) is 0 Å². The van der Waals surface area contributed by atoms with Crippen molar-refractivity contribution in [1.29, 1.82) is 0 Å². The van der Waals surface area contributed by atoms with Crippen LogP contribution in [0.15, 0.2) is 18.2 Å². The number of unbranched alkanes of at least 4 members (excludes halogenated alkanes) is 2. The lowest BCUT2D eigenvalue weighted by Gasteiger charge is -2.27. The summed E-state index contributed by atoms with van der Waals surface area (Å²) in [6.07, 6.45) is 3.46. The fourth-order valence-corrected chi connectivity index (χ4v) is 2.67. The number of halogens is 2. The number of benzene rings is 1. The van der Waals surface area contributed by atoms with E-state index in [0.717, 1.165) is 19.5 Å². The van der Waals surface area contributed by atoms with Crippen LogP contribution in [0.2, 0.25) is 10.0 Å². The Hall–Kier alpha value is -0.480. The summed E-state index contributed by atoms with van der Waals surface area (Å²) >= 11 is 12.0. The predicted octanol–water partition coefficient (Wildman–Crippen LogP) is 3.45. The van der Waals surface area contributed by atoms with Crippen molar-refractivity contribution < 1.29 is 4.74 Å². The van der Waals surface area contributed by atoms with E-state index < -0.39 is 0 Å². The molecule has 0 amide bonds. The number of rotatable bonds is 7. The minimum absolute atomic E-state index is 0.509. The van der Waals surface area contributed by atoms with Gasteiger partial charge >= 0.3 is 0 Å². The average Bonchev–Trinajstić information content (AvgIpc) is 2.48. The molecule has 1 aliphatic heterocycles. The quantitative estimate of drug-likeness (QED) is 0.780. The number of hydrogen-bond donors (Lipinski definition) is 1. The number of nitrogens with one attached hydrogen (secondary N) is 1. The van der Waals surface area contributed by atoms with Crippen LogP contribution in [0.3, 0.4) is 0 Å². The monoisotopic (exact) mass is 316 g/mol. The van der Waals surface area contributed by atoms with Crippen LogP contribution in [0.1, 0.15) is 19.3 Å². The SMILES string of the molecule is Clc1cccc(OCCCCCN2CCNCC2)c1Cl. The molecule has 0 saturated carbocycles. The van der Waals surface area contributed by atoms with Crippen molar-refractivity contribution in [3.63, 3.8) is 0 Å². The van der Waals surface area contributed by atoms with Gasteiger partial charge in [-0.15, -0.1) is 0 Å². The molecule has 0 atom stereocenters. The molecule has 1 saturated heterocycles. The van der Waals surface area contributed by atoms with E-state index in [1.165, 1.54) is 32.5 Å². The van der Waals surface area contributed by atoms with Crippen LogP contribution >= 0.6 is 23.2 Å². The lowest BCUT2D eigenvalue weighted by atomic mass is 10.2. The Morgan fingerprint density at radius 2 is 1.90 bits per heavy atom. The highest BCUT2D eigenvalue weighted by atomic mass is 35.5. The van der Waals surface area contributed by atoms with Crippen LogP contribution < -0.4 is 10.1 Å². The second-order valence-corrected chi connectivity index (χ2v) is 5.84. The fraction of sp³-hybridized carbons (Fsp3) is 0.600. The number of hydrogen-bond acceptors (Lipinski definition) is 3. The third-order valence-electron chi connectivity index (χ3n) is 3.50. The molecule has 0 radical (unpaired) electrons. The molecular weight excluding hydrogens is 295 g/mol. The molecule has 0 aliphatic carbocycles. The maximum Gasteiger partial charge on any atom is 0.139 e. The smallest absolute Gasteiger partial charge is 0.139 e. The molecule has 5 heteroatoms. The highest BCUT2D eigenvalue weighted by Gasteiger charge is 2.08. The molecule has 2 rings (SSSR count). The molecule has 1 fully saturated rings. The zero-order valence-corrected chi connectivity index (χ0v) is 13.2. The minimum Gasteiger partial charge on any atom is -0.492 e. The van der Waals surface area contributed by atoms with Gasteiger partial charge < -0.3 is 15.0 Å². The first-order valence-electron chi connectivity index (χ1n) is 7.27. The van der Waals surface area contributed by atoms with E-state index in [9.17, 15) is 0 Å². The molecule has 0 bridgehead atoms. The van der Waals surface area contributed by atoms with E-state index in [-0.39, 0.29) is 0 Å². The number of ether oxygens (including phenoxy) is 1. The second-order valence-electron chi connectivity index (χ2n) is 5.05. The van der Waals surface area contributed by atoms with Crippen LogP contribution in [-0.2, 0) is 0 Å². The molecule has 3 nitrogen and oxygen atoms in total. The van der Waals surface area contributed by atoms with Crippen molar-refractivity contribution in [1.82, 2.24) is 10.2 Å². The van der Waals surface area contributed by atoms with Gasteiger partial charge in [0.2, 0.25) is 0 Å². The molecule has 1 heterocycles. The molecule has 0 spiro atoms. The van der Waals surface area contributed by atoms with E-state index in [0.29, 0.717) is 22.4 Å². The molecule has 20 heavy (non-hydrogen) atoms. The first-order valence-corrected chi connectivity index (χ1v) is 8.03. The molecular formula is C15H22Cl2N2O. The lowest BCUT2D eigenvalue weighted by molar-refractivity contribution is 0.232. The Morgan fingerprint density at radius 3 is 2.70 bits per heavy atom. The first-order chi connectivity index (χ1) is 9.77. The lowest BCUT2D eigenvalue weighted by Crippen LogP contribution is -2.43. The van der Waals surface area contributed by atoms with Gasteiger partial charge in [-0.05, 0) is 37.9 Å². The van der Waals surface area contributed by atoms with Crippen molar-refractivity contribution in [2.24, 2.45) is 0 Å². The largest absolute Gasteiger partial charge is 0.492 e. The predicted molar refractivity (Wildman–Crippen MR) is 85.1 cm³/mol. The summed E-state index contributed by atoms with van der Waals surface area (Å²) in [4.78, 5) is 2.52. The first kappa shape index (κ1) is 15.9. The van der Waals surface area contributed by atoms with Gasteiger partial charge in [0.15, 0.2) is 0 Å². The summed E-state index contributed by atoms with van der Waals surface area (Å²) in [5.41, 5.74) is 0. The van der Waals surface area contributed by atoms with E-state index >= 15 is 0 Å². The zero-order valence-electron chi connectivity index (χ0n) is 11.7. The standard InChI is InChI=1S/C15H22Cl2N2O/c16-13-5-4-6-14(15(13)17)20-12-3-1-2-9-19-10-7-18-8-11-19/h4-6,18H,1-3,7-12H2. The molecule has 112 valence electrons. The van der Waals surface area contributed by atoms with Gasteiger partial charge in [0.25, 0.3) is 0 Å². The van der Waals surface area contributed by atoms with Crippen molar-refractivity contribution in [3.05, 3.63) is 28.2 Å². The van der Waals surface area contributed by atoms with E-state index in [2.05, 4.69) is 10.2 Å². The highest BCUT2D eigenvalue weighted by Crippen LogP contribution is 2.31. The maximum atomic E-state index is 6.07. The van der Waals surface area contributed by atoms with Crippen LogP contribution in [0.25, 0.3) is 0 Å². The van der Waals surface area contributed by atoms with Crippen LogP contribution in [0.4, 0.5) is 0 Å².